The van der Waals surface area contributed by atoms with E-state index in [-0.39, 0.29) is 12.3 Å². The maximum atomic E-state index is 10.7. The lowest BCUT2D eigenvalue weighted by Crippen LogP contribution is -2.44. The Bertz CT molecular complexity index is 232. The monoisotopic (exact) mass is 155 g/mol. The van der Waals surface area contributed by atoms with Gasteiger partial charge in [-0.15, -0.1) is 0 Å². The minimum Gasteiger partial charge on any atom is -0.348 e. The maximum absolute atomic E-state index is 10.7. The summed E-state index contributed by atoms with van der Waals surface area (Å²) in [6.07, 6.45) is -0.142. The Hall–Kier alpha value is -1.39. The predicted molar refractivity (Wildman–Crippen MR) is 38.9 cm³/mol. The van der Waals surface area contributed by atoms with Gasteiger partial charge in [-0.25, -0.2) is 0 Å². The fourth-order valence-corrected chi connectivity index (χ4v) is 0.704. The number of carbonyl (C=O) groups is 2. The molecule has 60 valence electrons. The number of hydrogen-bond acceptors (Lipinski definition) is 3. The van der Waals surface area contributed by atoms with E-state index in [2.05, 4.69) is 10.3 Å². The standard InChI is InChI=1S/C6H9N3O2/c1-9(2)6-7-4(10)3-5(11)8-6/h3H2,1-2H3,(H,7,8,10,11). The Balaban J connectivity index is 2.80. The summed E-state index contributed by atoms with van der Waals surface area (Å²) in [6, 6.07) is 0. The zero-order valence-corrected chi connectivity index (χ0v) is 6.42. The maximum Gasteiger partial charge on any atom is 0.258 e. The summed E-state index contributed by atoms with van der Waals surface area (Å²) in [5.74, 6) is -0.377. The fraction of sp³-hybridized carbons (Fsp3) is 0.500. The number of amides is 2. The molecule has 1 aliphatic heterocycles. The van der Waals surface area contributed by atoms with Gasteiger partial charge in [0.15, 0.2) is 0 Å². The molecule has 0 bridgehead atoms. The lowest BCUT2D eigenvalue weighted by atomic mass is 10.3. The third-order valence-electron chi connectivity index (χ3n) is 1.22. The molecule has 0 atom stereocenters. The first kappa shape index (κ1) is 7.71. The van der Waals surface area contributed by atoms with Crippen molar-refractivity contribution in [3.05, 3.63) is 0 Å². The van der Waals surface area contributed by atoms with Crippen LogP contribution in [-0.2, 0) is 9.59 Å². The molecule has 0 aliphatic carbocycles. The molecule has 0 radical (unpaired) electrons. The summed E-state index contributed by atoms with van der Waals surface area (Å²) in [5.41, 5.74) is 0. The number of rotatable bonds is 0. The second-order valence-electron chi connectivity index (χ2n) is 2.45. The van der Waals surface area contributed by atoms with Gasteiger partial charge in [-0.2, -0.15) is 4.99 Å². The van der Waals surface area contributed by atoms with Crippen molar-refractivity contribution >= 4 is 17.8 Å². The molecule has 1 rings (SSSR count). The molecule has 0 unspecified atom stereocenters. The molecule has 1 heterocycles. The number of guanidine groups is 1. The number of carbonyl (C=O) groups excluding carboxylic acids is 2. The molecule has 0 saturated heterocycles. The van der Waals surface area contributed by atoms with Crippen LogP contribution in [0.1, 0.15) is 6.42 Å². The Kier molecular flexibility index (Phi) is 1.89. The number of hydrogen-bond donors (Lipinski definition) is 1. The van der Waals surface area contributed by atoms with Crippen molar-refractivity contribution in [3.63, 3.8) is 0 Å². The third kappa shape index (κ3) is 1.76. The molecule has 5 nitrogen and oxygen atoms in total. The first-order valence-corrected chi connectivity index (χ1v) is 3.18. The van der Waals surface area contributed by atoms with E-state index >= 15 is 0 Å². The van der Waals surface area contributed by atoms with Gasteiger partial charge in [-0.05, 0) is 0 Å². The normalized spacial score (nSPS) is 17.5. The van der Waals surface area contributed by atoms with Crippen LogP contribution in [0.3, 0.4) is 0 Å². The van der Waals surface area contributed by atoms with E-state index in [1.807, 2.05) is 0 Å². The molecule has 0 saturated carbocycles. The van der Waals surface area contributed by atoms with Gasteiger partial charge < -0.3 is 4.90 Å². The highest BCUT2D eigenvalue weighted by Gasteiger charge is 2.18. The Labute approximate surface area is 64.1 Å². The van der Waals surface area contributed by atoms with Crippen molar-refractivity contribution in [1.82, 2.24) is 10.2 Å². The van der Waals surface area contributed by atoms with Crippen molar-refractivity contribution in [2.75, 3.05) is 14.1 Å². The van der Waals surface area contributed by atoms with Crippen LogP contribution in [0, 0.1) is 0 Å². The van der Waals surface area contributed by atoms with Crippen LogP contribution < -0.4 is 5.32 Å². The summed E-state index contributed by atoms with van der Waals surface area (Å²) in [6.45, 7) is 0. The molecule has 0 aromatic carbocycles. The Morgan fingerprint density at radius 3 is 2.55 bits per heavy atom. The zero-order valence-electron chi connectivity index (χ0n) is 6.42. The van der Waals surface area contributed by atoms with E-state index in [1.165, 1.54) is 0 Å². The van der Waals surface area contributed by atoms with Crippen molar-refractivity contribution < 1.29 is 9.59 Å². The Morgan fingerprint density at radius 2 is 2.09 bits per heavy atom. The predicted octanol–water partition coefficient (Wildman–Crippen LogP) is -1.05. The largest absolute Gasteiger partial charge is 0.348 e. The van der Waals surface area contributed by atoms with Crippen molar-refractivity contribution in [2.45, 2.75) is 6.42 Å². The van der Waals surface area contributed by atoms with Gasteiger partial charge >= 0.3 is 0 Å². The summed E-state index contributed by atoms with van der Waals surface area (Å²) in [7, 11) is 3.41. The van der Waals surface area contributed by atoms with Crippen molar-refractivity contribution in [3.8, 4) is 0 Å². The quantitative estimate of drug-likeness (QED) is 0.454. The molecule has 1 N–H and O–H groups in total. The molecule has 2 amide bonds. The second kappa shape index (κ2) is 2.69. The molecule has 0 spiro atoms. The van der Waals surface area contributed by atoms with E-state index in [0.717, 1.165) is 0 Å². The molecule has 0 aromatic heterocycles. The fourth-order valence-electron chi connectivity index (χ4n) is 0.704. The summed E-state index contributed by atoms with van der Waals surface area (Å²) >= 11 is 0. The Morgan fingerprint density at radius 1 is 1.45 bits per heavy atom. The molecular formula is C6H9N3O2. The summed E-state index contributed by atoms with van der Waals surface area (Å²) in [5, 5.41) is 2.46. The molecule has 0 aromatic rings. The van der Waals surface area contributed by atoms with Crippen LogP contribution in [0.2, 0.25) is 0 Å². The van der Waals surface area contributed by atoms with Gasteiger partial charge in [0.1, 0.15) is 6.42 Å². The zero-order chi connectivity index (χ0) is 8.43. The van der Waals surface area contributed by atoms with Crippen LogP contribution in [0.4, 0.5) is 0 Å². The first-order chi connectivity index (χ1) is 5.09. The van der Waals surface area contributed by atoms with Crippen LogP contribution in [-0.4, -0.2) is 36.8 Å². The number of nitrogens with zero attached hydrogens (tertiary/aromatic N) is 2. The van der Waals surface area contributed by atoms with E-state index < -0.39 is 5.91 Å². The van der Waals surface area contributed by atoms with Crippen LogP contribution in [0.25, 0.3) is 0 Å². The van der Waals surface area contributed by atoms with Crippen molar-refractivity contribution in [2.24, 2.45) is 4.99 Å². The van der Waals surface area contributed by atoms with Gasteiger partial charge in [0, 0.05) is 14.1 Å². The van der Waals surface area contributed by atoms with E-state index in [1.54, 1.807) is 19.0 Å². The average Bonchev–Trinajstić information content (AvgIpc) is 1.85. The van der Waals surface area contributed by atoms with Gasteiger partial charge in [0.2, 0.25) is 11.9 Å². The smallest absolute Gasteiger partial charge is 0.258 e. The number of nitrogens with one attached hydrogen (secondary N) is 1. The minimum absolute atomic E-state index is 0.142. The van der Waals surface area contributed by atoms with Gasteiger partial charge in [0.25, 0.3) is 5.91 Å². The topological polar surface area (TPSA) is 61.8 Å². The van der Waals surface area contributed by atoms with Gasteiger partial charge in [-0.3, -0.25) is 14.9 Å². The summed E-state index contributed by atoms with van der Waals surface area (Å²) < 4.78 is 0. The van der Waals surface area contributed by atoms with Crippen molar-refractivity contribution in [1.29, 1.82) is 0 Å². The molecule has 1 aliphatic rings. The SMILES string of the molecule is CN(C)C1=NC(=O)CC(=O)N1. The lowest BCUT2D eigenvalue weighted by Gasteiger charge is -2.18. The molecular weight excluding hydrogens is 146 g/mol. The second-order valence-corrected chi connectivity index (χ2v) is 2.45. The molecule has 5 heteroatoms. The lowest BCUT2D eigenvalue weighted by molar-refractivity contribution is -0.127. The highest BCUT2D eigenvalue weighted by Crippen LogP contribution is 1.94. The van der Waals surface area contributed by atoms with Gasteiger partial charge in [0.05, 0.1) is 0 Å². The first-order valence-electron chi connectivity index (χ1n) is 3.18. The van der Waals surface area contributed by atoms with Crippen LogP contribution in [0.15, 0.2) is 4.99 Å². The van der Waals surface area contributed by atoms with E-state index in [0.29, 0.717) is 5.96 Å². The molecule has 11 heavy (non-hydrogen) atoms. The van der Waals surface area contributed by atoms with Crippen LogP contribution >= 0.6 is 0 Å². The van der Waals surface area contributed by atoms with E-state index in [4.69, 9.17) is 0 Å². The highest BCUT2D eigenvalue weighted by molar-refractivity contribution is 6.13. The molecule has 0 fully saturated rings. The van der Waals surface area contributed by atoms with Gasteiger partial charge in [-0.1, -0.05) is 0 Å². The minimum atomic E-state index is -0.391. The average molecular weight is 155 g/mol. The number of aliphatic imine (C=N–C) groups is 1. The van der Waals surface area contributed by atoms with E-state index in [9.17, 15) is 9.59 Å². The van der Waals surface area contributed by atoms with Crippen LogP contribution in [0.5, 0.6) is 0 Å². The summed E-state index contributed by atoms with van der Waals surface area (Å²) in [4.78, 5) is 26.6. The third-order valence-corrected chi connectivity index (χ3v) is 1.22. The highest BCUT2D eigenvalue weighted by atomic mass is 16.2.